The summed E-state index contributed by atoms with van der Waals surface area (Å²) in [6.45, 7) is 4.22. The van der Waals surface area contributed by atoms with E-state index in [1.165, 1.54) is 18.2 Å². The van der Waals surface area contributed by atoms with E-state index >= 15 is 0 Å². The second-order valence-electron chi connectivity index (χ2n) is 7.27. The maximum atomic E-state index is 14.0. The standard InChI is InChI=1S/C23H21F2N3S/c1-14(2)29-23-26-12-17(13-27-23)15-6-8-16(9-7-15)20-10-11-21(28-20)22-18(24)4-3-5-19(22)25/h3-9,12-14,20H,10-11H2,1-2H3. The third kappa shape index (κ3) is 4.37. The number of benzene rings is 2. The second kappa shape index (κ2) is 8.41. The molecule has 3 aromatic rings. The van der Waals surface area contributed by atoms with Crippen LogP contribution in [0.3, 0.4) is 0 Å². The third-order valence-corrected chi connectivity index (χ3v) is 5.71. The largest absolute Gasteiger partial charge is 0.281 e. The van der Waals surface area contributed by atoms with Gasteiger partial charge in [-0.15, -0.1) is 0 Å². The lowest BCUT2D eigenvalue weighted by molar-refractivity contribution is 0.578. The van der Waals surface area contributed by atoms with Crippen molar-refractivity contribution in [2.24, 2.45) is 4.99 Å². The van der Waals surface area contributed by atoms with E-state index in [4.69, 9.17) is 0 Å². The zero-order valence-corrected chi connectivity index (χ0v) is 17.1. The van der Waals surface area contributed by atoms with Gasteiger partial charge in [-0.1, -0.05) is 55.9 Å². The maximum Gasteiger partial charge on any atom is 0.187 e. The maximum absolute atomic E-state index is 14.0. The van der Waals surface area contributed by atoms with Crippen LogP contribution >= 0.6 is 11.8 Å². The predicted octanol–water partition coefficient (Wildman–Crippen LogP) is 6.25. The zero-order chi connectivity index (χ0) is 20.4. The highest BCUT2D eigenvalue weighted by Gasteiger charge is 2.24. The van der Waals surface area contributed by atoms with Crippen LogP contribution in [0.15, 0.2) is 65.0 Å². The zero-order valence-electron chi connectivity index (χ0n) is 16.3. The van der Waals surface area contributed by atoms with Crippen LogP contribution in [-0.4, -0.2) is 20.9 Å². The highest BCUT2D eigenvalue weighted by Crippen LogP contribution is 2.33. The van der Waals surface area contributed by atoms with E-state index in [1.54, 1.807) is 11.8 Å². The van der Waals surface area contributed by atoms with Crippen molar-refractivity contribution < 1.29 is 8.78 Å². The van der Waals surface area contributed by atoms with Gasteiger partial charge in [0.15, 0.2) is 5.16 Å². The van der Waals surface area contributed by atoms with Crippen LogP contribution in [0.5, 0.6) is 0 Å². The van der Waals surface area contributed by atoms with Gasteiger partial charge in [0.1, 0.15) is 11.6 Å². The molecule has 0 fully saturated rings. The fourth-order valence-corrected chi connectivity index (χ4v) is 4.08. The molecule has 1 atom stereocenters. The Kier molecular flexibility index (Phi) is 5.72. The van der Waals surface area contributed by atoms with Crippen molar-refractivity contribution in [1.82, 2.24) is 9.97 Å². The summed E-state index contributed by atoms with van der Waals surface area (Å²) < 4.78 is 28.1. The van der Waals surface area contributed by atoms with E-state index < -0.39 is 11.6 Å². The molecule has 1 aliphatic heterocycles. The van der Waals surface area contributed by atoms with Crippen molar-refractivity contribution in [1.29, 1.82) is 0 Å². The molecule has 3 nitrogen and oxygen atoms in total. The van der Waals surface area contributed by atoms with Gasteiger partial charge < -0.3 is 0 Å². The number of hydrogen-bond donors (Lipinski definition) is 0. The van der Waals surface area contributed by atoms with Crippen molar-refractivity contribution in [2.75, 3.05) is 0 Å². The second-order valence-corrected chi connectivity index (χ2v) is 8.81. The Labute approximate surface area is 173 Å². The molecule has 0 N–H and O–H groups in total. The molecule has 6 heteroatoms. The van der Waals surface area contributed by atoms with Gasteiger partial charge in [-0.3, -0.25) is 4.99 Å². The van der Waals surface area contributed by atoms with E-state index in [9.17, 15) is 8.78 Å². The van der Waals surface area contributed by atoms with Gasteiger partial charge in [0.25, 0.3) is 0 Å². The normalized spacial score (nSPS) is 16.3. The summed E-state index contributed by atoms with van der Waals surface area (Å²) in [5.41, 5.74) is 3.52. The molecule has 29 heavy (non-hydrogen) atoms. The molecule has 2 aromatic carbocycles. The number of hydrogen-bond acceptors (Lipinski definition) is 4. The van der Waals surface area contributed by atoms with Crippen LogP contribution in [0, 0.1) is 11.6 Å². The first kappa shape index (κ1) is 19.7. The molecule has 148 valence electrons. The van der Waals surface area contributed by atoms with Crippen LogP contribution in [0.2, 0.25) is 0 Å². The quantitative estimate of drug-likeness (QED) is 0.369. The van der Waals surface area contributed by atoms with Crippen LogP contribution in [-0.2, 0) is 0 Å². The number of aliphatic imine (C=N–C) groups is 1. The summed E-state index contributed by atoms with van der Waals surface area (Å²) in [7, 11) is 0. The molecule has 0 aliphatic carbocycles. The van der Waals surface area contributed by atoms with Gasteiger partial charge >= 0.3 is 0 Å². The topological polar surface area (TPSA) is 38.1 Å². The first-order valence-corrected chi connectivity index (χ1v) is 10.5. The lowest BCUT2D eigenvalue weighted by Crippen LogP contribution is -2.03. The first-order valence-electron chi connectivity index (χ1n) is 9.61. The van der Waals surface area contributed by atoms with Crippen molar-refractivity contribution in [3.63, 3.8) is 0 Å². The molecule has 0 saturated heterocycles. The van der Waals surface area contributed by atoms with Gasteiger partial charge in [-0.2, -0.15) is 0 Å². The van der Waals surface area contributed by atoms with Crippen LogP contribution in [0.25, 0.3) is 11.1 Å². The van der Waals surface area contributed by atoms with E-state index in [-0.39, 0.29) is 11.6 Å². The summed E-state index contributed by atoms with van der Waals surface area (Å²) in [5.74, 6) is -1.11. The van der Waals surface area contributed by atoms with Crippen LogP contribution < -0.4 is 0 Å². The van der Waals surface area contributed by atoms with E-state index in [0.29, 0.717) is 17.4 Å². The van der Waals surface area contributed by atoms with E-state index in [2.05, 4.69) is 28.8 Å². The van der Waals surface area contributed by atoms with E-state index in [1.807, 2.05) is 36.7 Å². The summed E-state index contributed by atoms with van der Waals surface area (Å²) in [5, 5.41) is 1.21. The third-order valence-electron chi connectivity index (χ3n) is 4.82. The van der Waals surface area contributed by atoms with Gasteiger partial charge in [0.05, 0.1) is 11.6 Å². The number of rotatable bonds is 5. The summed E-state index contributed by atoms with van der Waals surface area (Å²) in [6.07, 6.45) is 4.97. The number of nitrogens with zero attached hydrogens (tertiary/aromatic N) is 3. The summed E-state index contributed by atoms with van der Waals surface area (Å²) in [6, 6.07) is 11.9. The SMILES string of the molecule is CC(C)Sc1ncc(-c2ccc(C3CCC(c4c(F)cccc4F)=N3)cc2)cn1. The first-order chi connectivity index (χ1) is 14.0. The Balaban J connectivity index is 1.52. The minimum Gasteiger partial charge on any atom is -0.281 e. The number of thioether (sulfide) groups is 1. The minimum absolute atomic E-state index is 0.00289. The van der Waals surface area contributed by atoms with Crippen molar-refractivity contribution >= 4 is 17.5 Å². The molecule has 0 radical (unpaired) electrons. The van der Waals surface area contributed by atoms with Gasteiger partial charge in [0, 0.05) is 28.9 Å². The Morgan fingerprint density at radius 3 is 2.21 bits per heavy atom. The molecule has 1 aliphatic rings. The van der Waals surface area contributed by atoms with Crippen LogP contribution in [0.1, 0.15) is 43.9 Å². The minimum atomic E-state index is -0.557. The molecular formula is C23H21F2N3S. The van der Waals surface area contributed by atoms with Crippen molar-refractivity contribution in [3.05, 3.63) is 77.6 Å². The Morgan fingerprint density at radius 1 is 0.931 bits per heavy atom. The van der Waals surface area contributed by atoms with Gasteiger partial charge in [-0.05, 0) is 36.1 Å². The monoisotopic (exact) mass is 409 g/mol. The molecule has 4 rings (SSSR count). The summed E-state index contributed by atoms with van der Waals surface area (Å²) >= 11 is 1.63. The summed E-state index contributed by atoms with van der Waals surface area (Å²) in [4.78, 5) is 13.4. The Morgan fingerprint density at radius 2 is 1.59 bits per heavy atom. The number of halogens is 2. The van der Waals surface area contributed by atoms with Crippen LogP contribution in [0.4, 0.5) is 8.78 Å². The van der Waals surface area contributed by atoms with Gasteiger partial charge in [0.2, 0.25) is 0 Å². The fraction of sp³-hybridized carbons (Fsp3) is 0.261. The van der Waals surface area contributed by atoms with Gasteiger partial charge in [-0.25, -0.2) is 18.7 Å². The Bertz CT molecular complexity index is 1010. The fourth-order valence-electron chi connectivity index (χ4n) is 3.43. The van der Waals surface area contributed by atoms with Crippen molar-refractivity contribution in [2.45, 2.75) is 43.1 Å². The average Bonchev–Trinajstić information content (AvgIpc) is 3.18. The van der Waals surface area contributed by atoms with Crippen molar-refractivity contribution in [3.8, 4) is 11.1 Å². The smallest absolute Gasteiger partial charge is 0.187 e. The molecule has 0 bridgehead atoms. The Hall–Kier alpha value is -2.60. The molecule has 2 heterocycles. The molecule has 0 saturated carbocycles. The van der Waals surface area contributed by atoms with E-state index in [0.717, 1.165) is 28.3 Å². The highest BCUT2D eigenvalue weighted by atomic mass is 32.2. The highest BCUT2D eigenvalue weighted by molar-refractivity contribution is 7.99. The lowest BCUT2D eigenvalue weighted by Gasteiger charge is -2.09. The number of aromatic nitrogens is 2. The molecule has 0 amide bonds. The molecule has 0 spiro atoms. The average molecular weight is 410 g/mol. The predicted molar refractivity (Wildman–Crippen MR) is 113 cm³/mol. The lowest BCUT2D eigenvalue weighted by atomic mass is 10.0. The molecular weight excluding hydrogens is 388 g/mol. The molecule has 1 unspecified atom stereocenters. The molecule has 1 aromatic heterocycles.